The first kappa shape index (κ1) is 17.3. The third-order valence-corrected chi connectivity index (χ3v) is 4.24. The molecule has 0 bridgehead atoms. The van der Waals surface area contributed by atoms with Gasteiger partial charge in [-0.1, -0.05) is 18.2 Å². The van der Waals surface area contributed by atoms with E-state index >= 15 is 0 Å². The molecular formula is C20H15N5O3. The maximum Gasteiger partial charge on any atom is 0.271 e. The molecule has 2 heterocycles. The Labute approximate surface area is 159 Å². The molecule has 0 spiro atoms. The van der Waals surface area contributed by atoms with Crippen molar-refractivity contribution in [1.82, 2.24) is 14.5 Å². The van der Waals surface area contributed by atoms with Gasteiger partial charge in [-0.15, -0.1) is 0 Å². The van der Waals surface area contributed by atoms with Gasteiger partial charge < -0.3 is 9.88 Å². The lowest BCUT2D eigenvalue weighted by atomic mass is 10.2. The average molecular weight is 373 g/mol. The Hall–Kier alpha value is -4.07. The van der Waals surface area contributed by atoms with Crippen LogP contribution in [0.5, 0.6) is 0 Å². The number of carbonyl (C=O) groups is 1. The zero-order chi connectivity index (χ0) is 19.5. The lowest BCUT2D eigenvalue weighted by molar-refractivity contribution is -0.384. The Bertz CT molecular complexity index is 1170. The number of nitro groups is 1. The molecule has 0 saturated carbocycles. The summed E-state index contributed by atoms with van der Waals surface area (Å²) in [6, 6.07) is 17.1. The van der Waals surface area contributed by atoms with Crippen LogP contribution in [0.2, 0.25) is 0 Å². The Morgan fingerprint density at radius 1 is 1.07 bits per heavy atom. The number of nitrogens with one attached hydrogen (secondary N) is 1. The predicted octanol–water partition coefficient (Wildman–Crippen LogP) is 3.65. The number of carbonyl (C=O) groups excluding carboxylic acids is 1. The van der Waals surface area contributed by atoms with Crippen LogP contribution in [0.4, 0.5) is 11.4 Å². The molecule has 8 nitrogen and oxygen atoms in total. The fourth-order valence-electron chi connectivity index (χ4n) is 3.00. The van der Waals surface area contributed by atoms with Gasteiger partial charge in [0.15, 0.2) is 0 Å². The molecule has 138 valence electrons. The van der Waals surface area contributed by atoms with Crippen molar-refractivity contribution in [2.45, 2.75) is 6.54 Å². The predicted molar refractivity (Wildman–Crippen MR) is 105 cm³/mol. The molecule has 0 saturated heterocycles. The summed E-state index contributed by atoms with van der Waals surface area (Å²) < 4.78 is 1.82. The monoisotopic (exact) mass is 373 g/mol. The number of aromatic nitrogens is 3. The van der Waals surface area contributed by atoms with E-state index in [1.807, 2.05) is 41.0 Å². The summed E-state index contributed by atoms with van der Waals surface area (Å²) in [5.74, 6) is 0.344. The first-order valence-corrected chi connectivity index (χ1v) is 8.52. The summed E-state index contributed by atoms with van der Waals surface area (Å²) in [5, 5.41) is 13.6. The van der Waals surface area contributed by atoms with Crippen molar-refractivity contribution in [3.8, 4) is 11.4 Å². The number of hydrogen-bond donors (Lipinski definition) is 1. The number of anilines is 1. The molecule has 1 amide bonds. The first-order chi connectivity index (χ1) is 13.6. The summed E-state index contributed by atoms with van der Waals surface area (Å²) in [6.07, 6.45) is 3.34. The maximum absolute atomic E-state index is 12.6. The summed E-state index contributed by atoms with van der Waals surface area (Å²) in [6.45, 7) is 0.0147. The van der Waals surface area contributed by atoms with Crippen molar-refractivity contribution in [2.24, 2.45) is 0 Å². The van der Waals surface area contributed by atoms with E-state index < -0.39 is 4.92 Å². The van der Waals surface area contributed by atoms with Crippen LogP contribution in [-0.2, 0) is 11.3 Å². The Morgan fingerprint density at radius 3 is 2.64 bits per heavy atom. The zero-order valence-electron chi connectivity index (χ0n) is 14.6. The van der Waals surface area contributed by atoms with Crippen molar-refractivity contribution in [3.05, 3.63) is 83.2 Å². The minimum Gasteiger partial charge on any atom is -0.324 e. The number of pyridine rings is 1. The second kappa shape index (κ2) is 7.28. The molecule has 0 radical (unpaired) electrons. The number of benzene rings is 2. The average Bonchev–Trinajstić information content (AvgIpc) is 3.07. The SMILES string of the molecule is O=C(Cn1c(-c2ccncc2)nc2ccccc21)Nc1cccc([N+](=O)[O-])c1. The van der Waals surface area contributed by atoms with Gasteiger partial charge in [0.25, 0.3) is 5.69 Å². The number of fused-ring (bicyclic) bond motifs is 1. The lowest BCUT2D eigenvalue weighted by Gasteiger charge is -2.10. The first-order valence-electron chi connectivity index (χ1n) is 8.52. The number of para-hydroxylation sites is 2. The number of hydrogen-bond acceptors (Lipinski definition) is 5. The van der Waals surface area contributed by atoms with Crippen molar-refractivity contribution >= 4 is 28.3 Å². The summed E-state index contributed by atoms with van der Waals surface area (Å²) in [4.78, 5) is 31.7. The van der Waals surface area contributed by atoms with Gasteiger partial charge in [0.05, 0.1) is 16.0 Å². The van der Waals surface area contributed by atoms with E-state index in [2.05, 4.69) is 15.3 Å². The molecule has 0 aliphatic carbocycles. The van der Waals surface area contributed by atoms with Gasteiger partial charge in [-0.25, -0.2) is 4.98 Å². The number of nitrogens with zero attached hydrogens (tertiary/aromatic N) is 4. The second-order valence-corrected chi connectivity index (χ2v) is 6.10. The fourth-order valence-corrected chi connectivity index (χ4v) is 3.00. The highest BCUT2D eigenvalue weighted by molar-refractivity contribution is 5.93. The molecule has 0 unspecified atom stereocenters. The van der Waals surface area contributed by atoms with Crippen LogP contribution in [0.15, 0.2) is 73.1 Å². The van der Waals surface area contributed by atoms with Gasteiger partial charge in [0.1, 0.15) is 12.4 Å². The van der Waals surface area contributed by atoms with E-state index in [0.29, 0.717) is 11.5 Å². The van der Waals surface area contributed by atoms with Gasteiger partial charge in [0, 0.05) is 35.8 Å². The Balaban J connectivity index is 1.66. The number of rotatable bonds is 5. The molecule has 2 aromatic heterocycles. The van der Waals surface area contributed by atoms with Gasteiger partial charge in [-0.3, -0.25) is 19.9 Å². The van der Waals surface area contributed by atoms with E-state index in [1.54, 1.807) is 18.5 Å². The van der Waals surface area contributed by atoms with Crippen molar-refractivity contribution in [3.63, 3.8) is 0 Å². The van der Waals surface area contributed by atoms with Crippen LogP contribution in [0, 0.1) is 10.1 Å². The standard InChI is InChI=1S/C20H15N5O3/c26-19(22-15-4-3-5-16(12-15)25(27)28)13-24-18-7-2-1-6-17(18)23-20(24)14-8-10-21-11-9-14/h1-12H,13H2,(H,22,26). The van der Waals surface area contributed by atoms with E-state index in [1.165, 1.54) is 18.2 Å². The largest absolute Gasteiger partial charge is 0.324 e. The van der Waals surface area contributed by atoms with Crippen LogP contribution in [0.25, 0.3) is 22.4 Å². The molecule has 0 fully saturated rings. The number of non-ortho nitro benzene ring substituents is 1. The van der Waals surface area contributed by atoms with Crippen LogP contribution in [0.3, 0.4) is 0 Å². The van der Waals surface area contributed by atoms with Gasteiger partial charge >= 0.3 is 0 Å². The summed E-state index contributed by atoms with van der Waals surface area (Å²) >= 11 is 0. The van der Waals surface area contributed by atoms with Crippen LogP contribution in [-0.4, -0.2) is 25.4 Å². The van der Waals surface area contributed by atoms with Crippen molar-refractivity contribution in [2.75, 3.05) is 5.32 Å². The zero-order valence-corrected chi connectivity index (χ0v) is 14.6. The molecule has 4 aromatic rings. The van der Waals surface area contributed by atoms with Crippen LogP contribution in [0.1, 0.15) is 0 Å². The molecule has 28 heavy (non-hydrogen) atoms. The maximum atomic E-state index is 12.6. The molecule has 0 aliphatic rings. The lowest BCUT2D eigenvalue weighted by Crippen LogP contribution is -2.19. The van der Waals surface area contributed by atoms with Gasteiger partial charge in [-0.05, 0) is 30.3 Å². The minimum atomic E-state index is -0.499. The van der Waals surface area contributed by atoms with Crippen molar-refractivity contribution < 1.29 is 9.72 Å². The van der Waals surface area contributed by atoms with Crippen LogP contribution < -0.4 is 5.32 Å². The molecular weight excluding hydrogens is 358 g/mol. The second-order valence-electron chi connectivity index (χ2n) is 6.10. The number of nitro benzene ring substituents is 1. The molecule has 8 heteroatoms. The third-order valence-electron chi connectivity index (χ3n) is 4.24. The number of amides is 1. The molecule has 0 atom stereocenters. The highest BCUT2D eigenvalue weighted by Crippen LogP contribution is 2.24. The van der Waals surface area contributed by atoms with Gasteiger partial charge in [-0.2, -0.15) is 0 Å². The highest BCUT2D eigenvalue weighted by Gasteiger charge is 2.16. The Morgan fingerprint density at radius 2 is 1.86 bits per heavy atom. The smallest absolute Gasteiger partial charge is 0.271 e. The van der Waals surface area contributed by atoms with Gasteiger partial charge in [0.2, 0.25) is 5.91 Å². The normalized spacial score (nSPS) is 10.7. The highest BCUT2D eigenvalue weighted by atomic mass is 16.6. The third kappa shape index (κ3) is 3.43. The minimum absolute atomic E-state index is 0.0147. The molecule has 2 aromatic carbocycles. The van der Waals surface area contributed by atoms with E-state index in [9.17, 15) is 14.9 Å². The Kier molecular flexibility index (Phi) is 4.51. The molecule has 0 aliphatic heterocycles. The topological polar surface area (TPSA) is 103 Å². The quantitative estimate of drug-likeness (QED) is 0.425. The van der Waals surface area contributed by atoms with Crippen molar-refractivity contribution in [1.29, 1.82) is 0 Å². The summed E-state index contributed by atoms with van der Waals surface area (Å²) in [7, 11) is 0. The van der Waals surface area contributed by atoms with E-state index in [0.717, 1.165) is 16.6 Å². The molecule has 4 rings (SSSR count). The molecule has 1 N–H and O–H groups in total. The number of imidazole rings is 1. The fraction of sp³-hybridized carbons (Fsp3) is 0.0500. The van der Waals surface area contributed by atoms with E-state index in [-0.39, 0.29) is 18.1 Å². The van der Waals surface area contributed by atoms with Crippen LogP contribution >= 0.6 is 0 Å². The summed E-state index contributed by atoms with van der Waals surface area (Å²) in [5.41, 5.74) is 2.73. The van der Waals surface area contributed by atoms with E-state index in [4.69, 9.17) is 0 Å².